The number of hydrogen-bond donors (Lipinski definition) is 0. The van der Waals surface area contributed by atoms with Gasteiger partial charge in [0.05, 0.1) is 18.3 Å². The monoisotopic (exact) mass is 485 g/mol. The first-order valence-corrected chi connectivity index (χ1v) is 20.0. The van der Waals surface area contributed by atoms with Gasteiger partial charge in [-0.2, -0.15) is 0 Å². The van der Waals surface area contributed by atoms with Gasteiger partial charge in [0.1, 0.15) is 22.2 Å². The molecule has 0 aromatic heterocycles. The minimum absolute atomic E-state index is 0.152. The molecule has 0 spiro atoms. The van der Waals surface area contributed by atoms with Crippen molar-refractivity contribution >= 4 is 23.6 Å². The molecule has 1 aromatic carbocycles. The van der Waals surface area contributed by atoms with Crippen LogP contribution in [0.2, 0.25) is 39.3 Å². The summed E-state index contributed by atoms with van der Waals surface area (Å²) in [6.45, 7) is 23.0. The van der Waals surface area contributed by atoms with Crippen LogP contribution < -0.4 is 4.74 Å². The number of para-hydroxylation sites is 1. The second-order valence-electron chi connectivity index (χ2n) is 13.9. The van der Waals surface area contributed by atoms with Crippen molar-refractivity contribution in [1.82, 2.24) is 4.23 Å². The maximum Gasteiger partial charge on any atom is 0.474 e. The van der Waals surface area contributed by atoms with Gasteiger partial charge < -0.3 is 18.3 Å². The summed E-state index contributed by atoms with van der Waals surface area (Å²) in [6, 6.07) is 8.61. The van der Waals surface area contributed by atoms with Crippen molar-refractivity contribution in [2.75, 3.05) is 6.61 Å². The van der Waals surface area contributed by atoms with E-state index >= 15 is 0 Å². The number of rotatable bonds is 6. The van der Waals surface area contributed by atoms with Crippen molar-refractivity contribution in [2.45, 2.75) is 103 Å². The fraction of sp³-hybridized carbons (Fsp3) is 0.769. The molecule has 6 rings (SSSR count). The van der Waals surface area contributed by atoms with E-state index in [0.717, 1.165) is 31.1 Å². The van der Waals surface area contributed by atoms with E-state index in [1.807, 2.05) is 0 Å². The second-order valence-corrected chi connectivity index (χ2v) is 24.0. The lowest BCUT2D eigenvalue weighted by Gasteiger charge is -2.64. The largest absolute Gasteiger partial charge is 0.493 e. The van der Waals surface area contributed by atoms with E-state index in [2.05, 4.69) is 88.5 Å². The molecule has 1 saturated heterocycles. The van der Waals surface area contributed by atoms with Gasteiger partial charge in [-0.25, -0.2) is 0 Å². The summed E-state index contributed by atoms with van der Waals surface area (Å²) in [4.78, 5) is 0. The minimum atomic E-state index is -1.63. The molecule has 5 aliphatic rings. The van der Waals surface area contributed by atoms with E-state index in [4.69, 9.17) is 14.0 Å². The molecule has 33 heavy (non-hydrogen) atoms. The SMILES string of the molecule is CC1(C)[C@@H]2C[C@H]3OB([C@H](CC4COc5ccccc54)N([Si](C)(C)C)[Si](C)(C)C)O[C@@]3(C)[C@H]1C2. The summed E-state index contributed by atoms with van der Waals surface area (Å²) in [5, 5.41) is 0. The molecule has 2 heterocycles. The van der Waals surface area contributed by atoms with Crippen molar-refractivity contribution in [1.29, 1.82) is 0 Å². The fourth-order valence-corrected chi connectivity index (χ4v) is 18.6. The maximum atomic E-state index is 7.11. The van der Waals surface area contributed by atoms with Gasteiger partial charge in [0.2, 0.25) is 0 Å². The Hall–Kier alpha value is -0.601. The van der Waals surface area contributed by atoms with E-state index in [1.54, 1.807) is 0 Å². The Morgan fingerprint density at radius 3 is 2.33 bits per heavy atom. The van der Waals surface area contributed by atoms with Crippen LogP contribution in [-0.4, -0.2) is 52.1 Å². The van der Waals surface area contributed by atoms with Crippen LogP contribution in [0.1, 0.15) is 51.5 Å². The highest BCUT2D eigenvalue weighted by molar-refractivity contribution is 6.90. The molecule has 0 amide bonds. The molecule has 7 heteroatoms. The summed E-state index contributed by atoms with van der Waals surface area (Å²) in [6.07, 6.45) is 3.73. The van der Waals surface area contributed by atoms with Gasteiger partial charge >= 0.3 is 7.12 Å². The minimum Gasteiger partial charge on any atom is -0.493 e. The number of benzene rings is 1. The standard InChI is InChI=1S/C26H44BNO3Si2/c1-25(2)19-15-22(25)26(3)23(16-19)30-27(31-26)24(28(32(4,5)6)33(7,8)9)14-18-17-29-21-13-11-10-12-20(18)21/h10-13,18-19,22-24H,14-17H2,1-9H3/t18?,19-,22-,23+,24-,26-/m0/s1. The van der Waals surface area contributed by atoms with E-state index in [1.165, 1.54) is 12.0 Å². The first-order valence-electron chi connectivity index (χ1n) is 13.1. The van der Waals surface area contributed by atoms with Gasteiger partial charge in [-0.3, -0.25) is 0 Å². The van der Waals surface area contributed by atoms with Crippen molar-refractivity contribution in [3.05, 3.63) is 29.8 Å². The molecule has 1 unspecified atom stereocenters. The smallest absolute Gasteiger partial charge is 0.474 e. The van der Waals surface area contributed by atoms with Gasteiger partial charge in [-0.1, -0.05) is 71.3 Å². The molecule has 6 atom stereocenters. The molecule has 3 aliphatic carbocycles. The highest BCUT2D eigenvalue weighted by Gasteiger charge is 2.69. The highest BCUT2D eigenvalue weighted by atomic mass is 28.4. The Morgan fingerprint density at radius 2 is 1.70 bits per heavy atom. The number of nitrogens with zero attached hydrogens (tertiary/aromatic N) is 1. The molecule has 1 aromatic rings. The summed E-state index contributed by atoms with van der Waals surface area (Å²) in [7, 11) is -3.41. The normalized spacial score (nSPS) is 35.6. The Morgan fingerprint density at radius 1 is 1.03 bits per heavy atom. The van der Waals surface area contributed by atoms with Gasteiger partial charge in [0.25, 0.3) is 0 Å². The number of hydrogen-bond acceptors (Lipinski definition) is 4. The molecule has 4 fully saturated rings. The topological polar surface area (TPSA) is 30.9 Å². The molecular weight excluding hydrogens is 441 g/mol. The van der Waals surface area contributed by atoms with E-state index in [0.29, 0.717) is 17.3 Å². The molecular formula is C26H44BNO3Si2. The van der Waals surface area contributed by atoms with Crippen LogP contribution >= 0.6 is 0 Å². The molecule has 182 valence electrons. The van der Waals surface area contributed by atoms with Crippen LogP contribution in [0.5, 0.6) is 5.75 Å². The van der Waals surface area contributed by atoms with Crippen LogP contribution in [0.15, 0.2) is 24.3 Å². The van der Waals surface area contributed by atoms with E-state index in [9.17, 15) is 0 Å². The number of fused-ring (bicyclic) bond motifs is 1. The fourth-order valence-electron chi connectivity index (χ4n) is 8.12. The van der Waals surface area contributed by atoms with Crippen molar-refractivity contribution in [3.8, 4) is 5.75 Å². The molecule has 0 radical (unpaired) electrons. The zero-order chi connectivity index (χ0) is 24.0. The van der Waals surface area contributed by atoms with Crippen LogP contribution in [-0.2, 0) is 9.31 Å². The molecule has 0 N–H and O–H groups in total. The average molecular weight is 486 g/mol. The molecule has 2 bridgehead atoms. The summed E-state index contributed by atoms with van der Waals surface area (Å²) in [5.74, 6) is 3.11. The highest BCUT2D eigenvalue weighted by Crippen LogP contribution is 2.66. The Kier molecular flexibility index (Phi) is 5.62. The Labute approximate surface area is 204 Å². The predicted molar refractivity (Wildman–Crippen MR) is 142 cm³/mol. The summed E-state index contributed by atoms with van der Waals surface area (Å²) in [5.41, 5.74) is 1.57. The van der Waals surface area contributed by atoms with Gasteiger partial charge in [0, 0.05) is 17.4 Å². The van der Waals surface area contributed by atoms with Crippen LogP contribution in [0, 0.1) is 17.3 Å². The Balaban J connectivity index is 1.49. The predicted octanol–water partition coefficient (Wildman–Crippen LogP) is 6.16. The zero-order valence-corrected chi connectivity index (χ0v) is 24.3. The third-order valence-corrected chi connectivity index (χ3v) is 17.0. The van der Waals surface area contributed by atoms with Gasteiger partial charge in [0.15, 0.2) is 0 Å². The van der Waals surface area contributed by atoms with Crippen LogP contribution in [0.25, 0.3) is 0 Å². The zero-order valence-electron chi connectivity index (χ0n) is 22.3. The van der Waals surface area contributed by atoms with Crippen molar-refractivity contribution in [3.63, 3.8) is 0 Å². The van der Waals surface area contributed by atoms with E-state index < -0.39 is 16.5 Å². The molecule has 3 saturated carbocycles. The Bertz CT molecular complexity index is 900. The van der Waals surface area contributed by atoms with Crippen LogP contribution in [0.4, 0.5) is 0 Å². The third-order valence-electron chi connectivity index (χ3n) is 9.38. The van der Waals surface area contributed by atoms with E-state index in [-0.39, 0.29) is 24.8 Å². The summed E-state index contributed by atoms with van der Waals surface area (Å²) >= 11 is 0. The lowest BCUT2D eigenvalue weighted by atomic mass is 9.43. The lowest BCUT2D eigenvalue weighted by molar-refractivity contribution is -0.199. The first-order chi connectivity index (χ1) is 15.2. The third kappa shape index (κ3) is 3.81. The van der Waals surface area contributed by atoms with Gasteiger partial charge in [-0.05, 0) is 49.5 Å². The summed E-state index contributed by atoms with van der Waals surface area (Å²) < 4.78 is 23.1. The van der Waals surface area contributed by atoms with Crippen LogP contribution in [0.3, 0.4) is 0 Å². The first kappa shape index (κ1) is 24.1. The second kappa shape index (κ2) is 7.70. The van der Waals surface area contributed by atoms with Crippen molar-refractivity contribution < 1.29 is 14.0 Å². The van der Waals surface area contributed by atoms with Crippen molar-refractivity contribution in [2.24, 2.45) is 17.3 Å². The number of ether oxygens (including phenoxy) is 1. The van der Waals surface area contributed by atoms with Gasteiger partial charge in [-0.15, -0.1) is 0 Å². The molecule has 2 aliphatic heterocycles. The quantitative estimate of drug-likeness (QED) is 0.452. The average Bonchev–Trinajstić information content (AvgIpc) is 3.25. The lowest BCUT2D eigenvalue weighted by Crippen LogP contribution is -2.68. The maximum absolute atomic E-state index is 7.11. The molecule has 4 nitrogen and oxygen atoms in total.